The molecule has 8 fully saturated rings. The van der Waals surface area contributed by atoms with Crippen LogP contribution in [0, 0.1) is 0 Å². The summed E-state index contributed by atoms with van der Waals surface area (Å²) in [6, 6.07) is 11.6. The molecular formula is C97H151N15OS2. The molecule has 7 saturated heterocycles. The molecule has 21 aliphatic heterocycles. The molecule has 0 atom stereocenters. The smallest absolute Gasteiger partial charge is 0.123 e. The van der Waals surface area contributed by atoms with E-state index in [1.807, 2.05) is 11.3 Å². The van der Waals surface area contributed by atoms with Crippen LogP contribution < -0.4 is 0 Å². The first-order chi connectivity index (χ1) is 54.3. The number of aromatic nitrogens is 8. The number of thiophene rings is 1. The maximum atomic E-state index is 6.15. The van der Waals surface area contributed by atoms with Crippen LogP contribution >= 0.6 is 22.7 Å². The van der Waals surface area contributed by atoms with E-state index in [0.29, 0.717) is 23.4 Å². The molecule has 28 heterocycles. The number of rotatable bonds is 1. The van der Waals surface area contributed by atoms with Crippen LogP contribution in [-0.2, 0) is 83.7 Å². The normalized spacial score (nSPS) is 29.2. The van der Waals surface area contributed by atoms with E-state index in [9.17, 15) is 0 Å². The van der Waals surface area contributed by atoms with Crippen molar-refractivity contribution in [3.05, 3.63) is 135 Å². The van der Waals surface area contributed by atoms with Gasteiger partial charge in [-0.3, -0.25) is 43.7 Å². The fraction of sp³-hybridized carbons (Fsp3) is 0.753. The summed E-state index contributed by atoms with van der Waals surface area (Å²) in [6.07, 6.45) is 23.5. The number of nitrogens with one attached hydrogen (secondary N) is 1. The van der Waals surface area contributed by atoms with Gasteiger partial charge in [0.25, 0.3) is 0 Å². The van der Waals surface area contributed by atoms with E-state index in [2.05, 4.69) is 240 Å². The van der Waals surface area contributed by atoms with Gasteiger partial charge in [-0.15, -0.1) is 22.7 Å². The molecule has 14 bridgehead atoms. The van der Waals surface area contributed by atoms with Crippen LogP contribution in [-0.4, -0.2) is 165 Å². The van der Waals surface area contributed by atoms with E-state index in [1.54, 1.807) is 42.7 Å². The molecule has 115 heavy (non-hydrogen) atoms. The molecule has 7 aromatic rings. The van der Waals surface area contributed by atoms with Crippen LogP contribution in [0.25, 0.3) is 0 Å². The lowest BCUT2D eigenvalue weighted by atomic mass is 9.86. The zero-order valence-corrected chi connectivity index (χ0v) is 77.3. The maximum Gasteiger partial charge on any atom is 0.123 e. The highest BCUT2D eigenvalue weighted by Crippen LogP contribution is 2.49. The summed E-state index contributed by atoms with van der Waals surface area (Å²) in [4.78, 5) is 36.4. The summed E-state index contributed by atoms with van der Waals surface area (Å²) in [6.45, 7) is 73.4. The molecule has 16 nitrogen and oxygen atoms in total. The third kappa shape index (κ3) is 18.8. The van der Waals surface area contributed by atoms with Gasteiger partial charge in [0.2, 0.25) is 0 Å². The van der Waals surface area contributed by atoms with E-state index < -0.39 is 0 Å². The Hall–Kier alpha value is -4.76. The van der Waals surface area contributed by atoms with Crippen molar-refractivity contribution in [2.75, 3.05) is 91.6 Å². The fourth-order valence-electron chi connectivity index (χ4n) is 20.9. The van der Waals surface area contributed by atoms with Gasteiger partial charge in [0.05, 0.1) is 52.1 Å². The molecule has 1 saturated carbocycles. The summed E-state index contributed by atoms with van der Waals surface area (Å²) in [5, 5.41) is 11.3. The zero-order chi connectivity index (χ0) is 81.2. The van der Waals surface area contributed by atoms with Crippen molar-refractivity contribution in [2.24, 2.45) is 0 Å². The van der Waals surface area contributed by atoms with Crippen molar-refractivity contribution in [1.29, 1.82) is 0 Å². The predicted octanol–water partition coefficient (Wildman–Crippen LogP) is 21.0. The average Bonchev–Trinajstić information content (AvgIpc) is 1.58. The third-order valence-corrected chi connectivity index (χ3v) is 31.9. The van der Waals surface area contributed by atoms with Gasteiger partial charge < -0.3 is 14.0 Å². The van der Waals surface area contributed by atoms with Gasteiger partial charge in [-0.1, -0.05) is 145 Å². The largest absolute Gasteiger partial charge is 0.465 e. The highest BCUT2D eigenvalue weighted by molar-refractivity contribution is 7.12. The number of furan rings is 1. The van der Waals surface area contributed by atoms with Crippen molar-refractivity contribution in [3.63, 3.8) is 0 Å². The monoisotopic (exact) mass is 1610 g/mol. The summed E-state index contributed by atoms with van der Waals surface area (Å²) in [5.41, 5.74) is 18.9. The van der Waals surface area contributed by atoms with Crippen molar-refractivity contribution in [1.82, 2.24) is 73.4 Å². The minimum Gasteiger partial charge on any atom is -0.465 e. The van der Waals surface area contributed by atoms with Crippen LogP contribution in [0.5, 0.6) is 0 Å². The van der Waals surface area contributed by atoms with Gasteiger partial charge in [0, 0.05) is 171 Å². The molecule has 0 spiro atoms. The number of H-pyrrole nitrogens is 1. The minimum atomic E-state index is 0.140. The molecule has 0 unspecified atom stereocenters. The number of nitrogens with zero attached hydrogens (tertiary/aromatic N) is 14. The highest BCUT2D eigenvalue weighted by atomic mass is 32.1. The number of fused-ring (bicyclic) bond motifs is 14. The number of piperidine rings is 7. The van der Waals surface area contributed by atoms with E-state index in [4.69, 9.17) is 24.6 Å². The Labute approximate surface area is 702 Å². The quantitative estimate of drug-likeness (QED) is 0.169. The first-order valence-electron chi connectivity index (χ1n) is 46.1. The number of aromatic amines is 1. The van der Waals surface area contributed by atoms with Gasteiger partial charge in [0.1, 0.15) is 17.3 Å². The molecule has 0 amide bonds. The van der Waals surface area contributed by atoms with E-state index in [1.165, 1.54) is 264 Å². The van der Waals surface area contributed by atoms with Gasteiger partial charge in [0.15, 0.2) is 0 Å². The maximum absolute atomic E-state index is 6.15. The van der Waals surface area contributed by atoms with Crippen molar-refractivity contribution < 1.29 is 4.42 Å². The molecule has 632 valence electrons. The predicted molar refractivity (Wildman–Crippen MR) is 475 cm³/mol. The van der Waals surface area contributed by atoms with Crippen LogP contribution in [0.2, 0.25) is 0 Å². The number of imidazole rings is 1. The molecule has 0 aromatic carbocycles. The Morgan fingerprint density at radius 1 is 0.374 bits per heavy atom. The summed E-state index contributed by atoms with van der Waals surface area (Å²) < 4.78 is 13.4. The molecule has 1 N–H and O–H groups in total. The van der Waals surface area contributed by atoms with Crippen LogP contribution in [0.15, 0.2) is 34.9 Å². The van der Waals surface area contributed by atoms with Gasteiger partial charge >= 0.3 is 0 Å². The lowest BCUT2D eigenvalue weighted by molar-refractivity contribution is 0.205. The average molecular weight is 1610 g/mol. The lowest BCUT2D eigenvalue weighted by Gasteiger charge is -2.27. The lowest BCUT2D eigenvalue weighted by Crippen LogP contribution is -2.30. The molecule has 18 heteroatoms. The summed E-state index contributed by atoms with van der Waals surface area (Å²) in [5.74, 6) is 7.67. The molecular weight excluding hydrogens is 1460 g/mol. The second-order valence-corrected chi connectivity index (χ2v) is 47.4. The van der Waals surface area contributed by atoms with Crippen LogP contribution in [0.3, 0.4) is 0 Å². The topological polar surface area (TPSA) is 118 Å². The summed E-state index contributed by atoms with van der Waals surface area (Å²) >= 11 is 4.07. The Morgan fingerprint density at radius 2 is 0.870 bits per heavy atom. The van der Waals surface area contributed by atoms with Gasteiger partial charge in [-0.05, 0) is 221 Å². The van der Waals surface area contributed by atoms with E-state index in [-0.39, 0.29) is 32.5 Å². The second kappa shape index (κ2) is 32.6. The Bertz CT molecular complexity index is 3830. The minimum absolute atomic E-state index is 0.140. The second-order valence-electron chi connectivity index (χ2n) is 45.3. The zero-order valence-electron chi connectivity index (χ0n) is 75.7. The molecule has 29 rings (SSSR count). The highest BCUT2D eigenvalue weighted by Gasteiger charge is 2.43. The Kier molecular flexibility index (Phi) is 23.8. The van der Waals surface area contributed by atoms with E-state index >= 15 is 0 Å². The molecule has 7 aromatic heterocycles. The summed E-state index contributed by atoms with van der Waals surface area (Å²) in [7, 11) is 0. The number of hydrogen-bond acceptors (Lipinski definition) is 14. The van der Waals surface area contributed by atoms with Crippen molar-refractivity contribution in [2.45, 2.75) is 380 Å². The van der Waals surface area contributed by atoms with Crippen molar-refractivity contribution in [3.8, 4) is 0 Å². The first-order valence-corrected chi connectivity index (χ1v) is 47.7. The molecule has 0 radical (unpaired) electrons. The third-order valence-electron chi connectivity index (χ3n) is 28.5. The SMILES string of the molecule is CC(C)(C)c1cc2c([nH]1)C1CCN(CC1)C2.CC(C)(C)c1cc2c(o1)C1CCN(CC1)C2.CC(C)(C)c1cc2c(s1)C1CCN(CC1)C2.CC(C)(C)c1cc2n(n1)C1CCN(CC1)C2.CC(C)(C)c1cn2c(n1)CN1CCC2CC1.CC(C)(C)c1nc2c(s1)C1CCN(CC1)C2.CC(C)(C)c1nn(C2CC2)c2c1CN1CCC2CC1. The van der Waals surface area contributed by atoms with Gasteiger partial charge in [-0.2, -0.15) is 10.2 Å². The van der Waals surface area contributed by atoms with Crippen LogP contribution in [0.4, 0.5) is 0 Å². The standard InChI is InChI=1S/C16H25N3.C14H22N2.C14H21NO.C14H21NS.2C13H21N3.C13H20N2S/c1-16(2,3)15-13-10-18-8-6-11(7-9-18)14(13)19(17-15)12-4-5-12;1-14(2,3)12-8-11-9-16-6-4-10(5-7-16)13(11)15-12;2*1-14(2,3)12-8-11-9-15-6-4-10(5-7-15)13(11)16-12;1-13(2,3)11-8-16-10-4-6-15(7-5-10)9-12(16)14-11;1-13(2,3)12-8-11-9-15-6-4-10(5-7-15)16(11)14-12;1-13(2,3)12-14-10-8-15-6-4-9(5-7-15)11(10)16-12/h11-12H,4-10H2,1-3H3;8,10,15H,4-7,9H2,1-3H3;4*8,10H,4-7,9H2,1-3H3;9H,4-8H2,1-3H3. The number of hydrogen-bond donors (Lipinski definition) is 1. The Balaban J connectivity index is 0.000000101. The van der Waals surface area contributed by atoms with Gasteiger partial charge in [-0.25, -0.2) is 9.97 Å². The van der Waals surface area contributed by atoms with E-state index in [0.717, 1.165) is 68.2 Å². The van der Waals surface area contributed by atoms with Crippen LogP contribution in [0.1, 0.15) is 401 Å². The number of thiazole rings is 1. The molecule has 22 aliphatic rings. The molecule has 1 aliphatic carbocycles. The fourth-order valence-corrected chi connectivity index (χ4v) is 23.6. The van der Waals surface area contributed by atoms with Crippen molar-refractivity contribution >= 4 is 22.7 Å². The first kappa shape index (κ1) is 83.9. The Morgan fingerprint density at radius 3 is 1.42 bits per heavy atom.